The molecule has 1 fully saturated rings. The van der Waals surface area contributed by atoms with E-state index in [1.165, 1.54) is 6.92 Å². The molecular formula is C19H20N4O12. The van der Waals surface area contributed by atoms with Crippen LogP contribution in [0.25, 0.3) is 0 Å². The Labute approximate surface area is 194 Å². The van der Waals surface area contributed by atoms with E-state index in [2.05, 4.69) is 0 Å². The molecule has 1 aromatic heterocycles. The number of ether oxygens (including phenoxy) is 3. The molecule has 2 unspecified atom stereocenters. The Kier molecular flexibility index (Phi) is 7.58. The number of rotatable bonds is 8. The molecule has 0 radical (unpaired) electrons. The van der Waals surface area contributed by atoms with E-state index in [0.29, 0.717) is 0 Å². The van der Waals surface area contributed by atoms with E-state index < -0.39 is 76.4 Å². The van der Waals surface area contributed by atoms with Gasteiger partial charge in [0.2, 0.25) is 0 Å². The highest BCUT2D eigenvalue weighted by atomic mass is 16.7. The number of nitro benzene ring substituents is 2. The second-order valence-corrected chi connectivity index (χ2v) is 7.47. The fourth-order valence-electron chi connectivity index (χ4n) is 3.46. The fraction of sp³-hybridized carbons (Fsp3) is 0.421. The molecule has 0 bridgehead atoms. The molecule has 4 atom stereocenters. The first-order chi connectivity index (χ1) is 16.5. The van der Waals surface area contributed by atoms with Crippen molar-refractivity contribution >= 4 is 17.5 Å². The maximum atomic E-state index is 12.0. The van der Waals surface area contributed by atoms with E-state index in [4.69, 9.17) is 14.2 Å². The first-order valence-corrected chi connectivity index (χ1v) is 10.0. The van der Waals surface area contributed by atoms with Gasteiger partial charge in [0.05, 0.1) is 16.5 Å². The number of aliphatic hydroxyl groups excluding tert-OH is 2. The van der Waals surface area contributed by atoms with Gasteiger partial charge in [0.25, 0.3) is 16.9 Å². The summed E-state index contributed by atoms with van der Waals surface area (Å²) in [6.07, 6.45) is -6.28. The van der Waals surface area contributed by atoms with Crippen LogP contribution in [-0.2, 0) is 20.6 Å². The van der Waals surface area contributed by atoms with Crippen molar-refractivity contribution in [2.75, 3.05) is 13.2 Å². The maximum absolute atomic E-state index is 12.0. The van der Waals surface area contributed by atoms with Crippen LogP contribution in [0, 0.1) is 27.2 Å². The highest BCUT2D eigenvalue weighted by molar-refractivity contribution is 5.60. The van der Waals surface area contributed by atoms with E-state index in [1.807, 2.05) is 4.98 Å². The third-order valence-corrected chi connectivity index (χ3v) is 5.21. The lowest BCUT2D eigenvalue weighted by atomic mass is 10.1. The quantitative estimate of drug-likeness (QED) is 0.243. The zero-order chi connectivity index (χ0) is 25.9. The third-order valence-electron chi connectivity index (χ3n) is 5.21. The number of aromatic amines is 1. The second kappa shape index (κ2) is 10.4. The van der Waals surface area contributed by atoms with Crippen LogP contribution in [0.5, 0.6) is 0 Å². The van der Waals surface area contributed by atoms with Crippen LogP contribution < -0.4 is 11.2 Å². The number of aryl methyl sites for hydroxylation is 1. The standard InChI is InChI=1S/C19H20N4O12/c1-9-7-21(18(27)20-16(9)26)17-15(25)14(24)13(35-17)8-34-19(28)33-6-5-10-11(22(29)30)3-2-4-12(10)23(31)32/h2-4,7,13-15,17,24-25H,5-6,8H2,1H3,(H,20,26,27)/t13-,14?,15?,17-/m1/s1. The number of nitrogens with zero attached hydrogens (tertiary/aromatic N) is 3. The molecule has 16 heteroatoms. The third kappa shape index (κ3) is 5.51. The number of aliphatic hydroxyl groups is 2. The first kappa shape index (κ1) is 25.5. The number of H-pyrrole nitrogens is 1. The lowest BCUT2D eigenvalue weighted by Gasteiger charge is -2.17. The lowest BCUT2D eigenvalue weighted by Crippen LogP contribution is -2.38. The van der Waals surface area contributed by atoms with Gasteiger partial charge in [0, 0.05) is 30.3 Å². The Hall–Kier alpha value is -4.15. The van der Waals surface area contributed by atoms with Gasteiger partial charge in [-0.05, 0) is 13.0 Å². The van der Waals surface area contributed by atoms with E-state index in [9.17, 15) is 44.8 Å². The minimum Gasteiger partial charge on any atom is -0.434 e. The molecule has 2 aromatic rings. The van der Waals surface area contributed by atoms with E-state index in [1.54, 1.807) is 0 Å². The fourth-order valence-corrected chi connectivity index (χ4v) is 3.46. The minimum atomic E-state index is -1.60. The monoisotopic (exact) mass is 496 g/mol. The van der Waals surface area contributed by atoms with Crippen LogP contribution in [0.4, 0.5) is 16.2 Å². The lowest BCUT2D eigenvalue weighted by molar-refractivity contribution is -0.395. The van der Waals surface area contributed by atoms with Gasteiger partial charge in [-0.1, -0.05) is 0 Å². The molecule has 188 valence electrons. The summed E-state index contributed by atoms with van der Waals surface area (Å²) in [5, 5.41) is 42.7. The largest absolute Gasteiger partial charge is 0.508 e. The Morgan fingerprint density at radius 1 is 1.14 bits per heavy atom. The van der Waals surface area contributed by atoms with Gasteiger partial charge in [-0.3, -0.25) is 34.6 Å². The topological polar surface area (TPSA) is 226 Å². The number of aromatic nitrogens is 2. The minimum absolute atomic E-state index is 0.150. The Morgan fingerprint density at radius 3 is 2.37 bits per heavy atom. The molecule has 35 heavy (non-hydrogen) atoms. The Morgan fingerprint density at radius 2 is 1.77 bits per heavy atom. The summed E-state index contributed by atoms with van der Waals surface area (Å²) in [6.45, 7) is 0.327. The average Bonchev–Trinajstić information content (AvgIpc) is 3.08. The summed E-state index contributed by atoms with van der Waals surface area (Å²) in [6, 6.07) is 3.32. The van der Waals surface area contributed by atoms with Crippen molar-refractivity contribution in [3.8, 4) is 0 Å². The van der Waals surface area contributed by atoms with Gasteiger partial charge in [-0.2, -0.15) is 0 Å². The second-order valence-electron chi connectivity index (χ2n) is 7.47. The molecule has 0 aliphatic carbocycles. The average molecular weight is 496 g/mol. The van der Waals surface area contributed by atoms with Gasteiger partial charge in [0.15, 0.2) is 6.23 Å². The molecule has 16 nitrogen and oxygen atoms in total. The zero-order valence-corrected chi connectivity index (χ0v) is 18.1. The van der Waals surface area contributed by atoms with Crippen LogP contribution >= 0.6 is 0 Å². The van der Waals surface area contributed by atoms with Crippen LogP contribution in [0.1, 0.15) is 17.4 Å². The molecule has 2 heterocycles. The van der Waals surface area contributed by atoms with Crippen molar-refractivity contribution in [2.45, 2.75) is 37.9 Å². The van der Waals surface area contributed by atoms with Gasteiger partial charge < -0.3 is 24.4 Å². The van der Waals surface area contributed by atoms with Crippen molar-refractivity contribution in [1.29, 1.82) is 0 Å². The molecule has 3 rings (SSSR count). The van der Waals surface area contributed by atoms with Crippen molar-refractivity contribution in [3.05, 3.63) is 76.6 Å². The number of nitro groups is 2. The summed E-state index contributed by atoms with van der Waals surface area (Å²) in [5.41, 5.74) is -2.62. The number of hydrogen-bond donors (Lipinski definition) is 3. The highest BCUT2D eigenvalue weighted by Crippen LogP contribution is 2.30. The van der Waals surface area contributed by atoms with Gasteiger partial charge in [-0.25, -0.2) is 9.59 Å². The van der Waals surface area contributed by atoms with Gasteiger partial charge in [0.1, 0.15) is 30.5 Å². The summed E-state index contributed by atoms with van der Waals surface area (Å²) in [5.74, 6) is 0. The van der Waals surface area contributed by atoms with Gasteiger partial charge >= 0.3 is 11.8 Å². The number of nitrogens with one attached hydrogen (secondary N) is 1. The summed E-state index contributed by atoms with van der Waals surface area (Å²) >= 11 is 0. The molecule has 0 saturated carbocycles. The molecule has 1 aromatic carbocycles. The molecular weight excluding hydrogens is 476 g/mol. The van der Waals surface area contributed by atoms with Crippen molar-refractivity contribution in [2.24, 2.45) is 0 Å². The summed E-state index contributed by atoms with van der Waals surface area (Å²) in [4.78, 5) is 58.1. The van der Waals surface area contributed by atoms with Crippen LogP contribution in [-0.4, -0.2) is 67.3 Å². The number of benzene rings is 1. The van der Waals surface area contributed by atoms with Gasteiger partial charge in [-0.15, -0.1) is 0 Å². The zero-order valence-electron chi connectivity index (χ0n) is 18.1. The molecule has 1 saturated heterocycles. The molecule has 0 amide bonds. The van der Waals surface area contributed by atoms with Crippen molar-refractivity contribution < 1.29 is 39.1 Å². The normalized spacial score (nSPS) is 21.5. The molecule has 1 aliphatic rings. The van der Waals surface area contributed by atoms with E-state index >= 15 is 0 Å². The molecule has 1 aliphatic heterocycles. The number of carbonyl (C=O) groups is 1. The van der Waals surface area contributed by atoms with E-state index in [-0.39, 0.29) is 17.5 Å². The van der Waals surface area contributed by atoms with Crippen molar-refractivity contribution in [3.63, 3.8) is 0 Å². The Balaban J connectivity index is 1.58. The molecule has 0 spiro atoms. The molecule has 3 N–H and O–H groups in total. The predicted molar refractivity (Wildman–Crippen MR) is 113 cm³/mol. The first-order valence-electron chi connectivity index (χ1n) is 10.0. The maximum Gasteiger partial charge on any atom is 0.508 e. The number of hydrogen-bond acceptors (Lipinski definition) is 12. The van der Waals surface area contributed by atoms with Crippen LogP contribution in [0.15, 0.2) is 34.0 Å². The van der Waals surface area contributed by atoms with E-state index in [0.717, 1.165) is 29.0 Å². The van der Waals surface area contributed by atoms with Crippen molar-refractivity contribution in [1.82, 2.24) is 9.55 Å². The highest BCUT2D eigenvalue weighted by Gasteiger charge is 2.44. The van der Waals surface area contributed by atoms with Crippen LogP contribution in [0.2, 0.25) is 0 Å². The smallest absolute Gasteiger partial charge is 0.434 e. The SMILES string of the molecule is Cc1cn([C@@H]2O[C@H](COC(=O)OCCc3c([N+](=O)[O-])cccc3[N+](=O)[O-])C(O)C2O)c(=O)[nH]c1=O. The predicted octanol–water partition coefficient (Wildman–Crippen LogP) is -0.323. The summed E-state index contributed by atoms with van der Waals surface area (Å²) < 4.78 is 15.9. The number of carbonyl (C=O) groups excluding carboxylic acids is 1. The van der Waals surface area contributed by atoms with Crippen LogP contribution in [0.3, 0.4) is 0 Å². The summed E-state index contributed by atoms with van der Waals surface area (Å²) in [7, 11) is 0. The Bertz CT molecular complexity index is 1220.